The fourth-order valence-electron chi connectivity index (χ4n) is 4.41. The number of ether oxygens (including phenoxy) is 4. The Morgan fingerprint density at radius 3 is 2.06 bits per heavy atom. The molecule has 1 aliphatic carbocycles. The molecule has 0 aromatic heterocycles. The first-order valence-electron chi connectivity index (χ1n) is 10.9. The maximum Gasteiger partial charge on any atom is 0.329 e. The number of carbonyl (C=O) groups is 4. The minimum absolute atomic E-state index is 0.0991. The van der Waals surface area contributed by atoms with Gasteiger partial charge in [-0.2, -0.15) is 0 Å². The van der Waals surface area contributed by atoms with Crippen molar-refractivity contribution in [2.24, 2.45) is 11.8 Å². The van der Waals surface area contributed by atoms with Crippen molar-refractivity contribution in [1.82, 2.24) is 10.2 Å². The SMILES string of the molecule is COc1cc(OC)c(OC)cc1CNC(=O)COC(=O)[C@H](C)N1C(=O)C2CCCCC2C1=O. The zero-order valence-corrected chi connectivity index (χ0v) is 19.3. The zero-order valence-electron chi connectivity index (χ0n) is 19.3. The summed E-state index contributed by atoms with van der Waals surface area (Å²) in [5.41, 5.74) is 0.638. The molecular weight excluding hydrogens is 432 g/mol. The van der Waals surface area contributed by atoms with Crippen LogP contribution in [-0.2, 0) is 30.5 Å². The predicted octanol–water partition coefficient (Wildman–Crippen LogP) is 1.44. The van der Waals surface area contributed by atoms with Gasteiger partial charge in [-0.15, -0.1) is 0 Å². The van der Waals surface area contributed by atoms with E-state index in [1.54, 1.807) is 12.1 Å². The van der Waals surface area contributed by atoms with Gasteiger partial charge in [-0.05, 0) is 25.8 Å². The molecule has 0 spiro atoms. The zero-order chi connectivity index (χ0) is 24.1. The van der Waals surface area contributed by atoms with Crippen LogP contribution in [0.2, 0.25) is 0 Å². The molecule has 1 heterocycles. The van der Waals surface area contributed by atoms with Crippen molar-refractivity contribution in [3.8, 4) is 17.2 Å². The first-order valence-corrected chi connectivity index (χ1v) is 10.9. The van der Waals surface area contributed by atoms with E-state index < -0.39 is 24.5 Å². The maximum absolute atomic E-state index is 12.6. The molecular formula is C23H30N2O8. The van der Waals surface area contributed by atoms with E-state index in [2.05, 4.69) is 5.32 Å². The van der Waals surface area contributed by atoms with Crippen LogP contribution >= 0.6 is 0 Å². The van der Waals surface area contributed by atoms with Gasteiger partial charge in [0.25, 0.3) is 5.91 Å². The van der Waals surface area contributed by atoms with E-state index >= 15 is 0 Å². The molecule has 3 rings (SSSR count). The average molecular weight is 462 g/mol. The minimum Gasteiger partial charge on any atom is -0.496 e. The Balaban J connectivity index is 1.54. The summed E-state index contributed by atoms with van der Waals surface area (Å²) >= 11 is 0. The van der Waals surface area contributed by atoms with Gasteiger partial charge in [0, 0.05) is 18.2 Å². The Kier molecular flexibility index (Phi) is 7.78. The number of hydrogen-bond acceptors (Lipinski definition) is 8. The lowest BCUT2D eigenvalue weighted by atomic mass is 9.81. The number of esters is 1. The first-order chi connectivity index (χ1) is 15.8. The smallest absolute Gasteiger partial charge is 0.329 e. The summed E-state index contributed by atoms with van der Waals surface area (Å²) < 4.78 is 20.9. The van der Waals surface area contributed by atoms with Gasteiger partial charge < -0.3 is 24.3 Å². The summed E-state index contributed by atoms with van der Waals surface area (Å²) in [6, 6.07) is 2.24. The molecule has 1 saturated carbocycles. The normalized spacial score (nSPS) is 20.7. The van der Waals surface area contributed by atoms with E-state index in [1.807, 2.05) is 0 Å². The number of carbonyl (C=O) groups excluding carboxylic acids is 4. The summed E-state index contributed by atoms with van der Waals surface area (Å²) in [5.74, 6) is -1.22. The summed E-state index contributed by atoms with van der Waals surface area (Å²) in [6.45, 7) is 1.01. The third-order valence-corrected chi connectivity index (χ3v) is 6.21. The molecule has 2 fully saturated rings. The third kappa shape index (κ3) is 5.04. The van der Waals surface area contributed by atoms with E-state index in [1.165, 1.54) is 28.3 Å². The van der Waals surface area contributed by atoms with Crippen molar-refractivity contribution in [2.45, 2.75) is 45.2 Å². The first kappa shape index (κ1) is 24.3. The van der Waals surface area contributed by atoms with Crippen molar-refractivity contribution < 1.29 is 38.1 Å². The van der Waals surface area contributed by atoms with Crippen molar-refractivity contribution in [1.29, 1.82) is 0 Å². The lowest BCUT2D eigenvalue weighted by Crippen LogP contribution is -2.45. The second-order valence-electron chi connectivity index (χ2n) is 8.12. The lowest BCUT2D eigenvalue weighted by molar-refractivity contribution is -0.159. The molecule has 180 valence electrons. The molecule has 1 saturated heterocycles. The Hall–Kier alpha value is -3.30. The van der Waals surface area contributed by atoms with Gasteiger partial charge >= 0.3 is 5.97 Å². The van der Waals surface area contributed by atoms with E-state index in [-0.39, 0.29) is 30.2 Å². The highest BCUT2D eigenvalue weighted by atomic mass is 16.5. The molecule has 0 radical (unpaired) electrons. The van der Waals surface area contributed by atoms with Crippen LogP contribution in [0.1, 0.15) is 38.2 Å². The summed E-state index contributed by atoms with van der Waals surface area (Å²) in [4.78, 5) is 51.0. The molecule has 2 aliphatic rings. The van der Waals surface area contributed by atoms with Gasteiger partial charge in [0.05, 0.1) is 33.2 Å². The molecule has 10 heteroatoms. The highest BCUT2D eigenvalue weighted by molar-refractivity contribution is 6.07. The Morgan fingerprint density at radius 1 is 0.970 bits per heavy atom. The van der Waals surface area contributed by atoms with Crippen LogP contribution in [0.5, 0.6) is 17.2 Å². The molecule has 1 aromatic carbocycles. The molecule has 10 nitrogen and oxygen atoms in total. The number of nitrogens with one attached hydrogen (secondary N) is 1. The molecule has 3 atom stereocenters. The number of fused-ring (bicyclic) bond motifs is 1. The quantitative estimate of drug-likeness (QED) is 0.432. The molecule has 33 heavy (non-hydrogen) atoms. The van der Waals surface area contributed by atoms with Gasteiger partial charge in [-0.3, -0.25) is 19.3 Å². The second kappa shape index (κ2) is 10.5. The number of hydrogen-bond donors (Lipinski definition) is 1. The van der Waals surface area contributed by atoms with Crippen molar-refractivity contribution in [3.05, 3.63) is 17.7 Å². The molecule has 2 unspecified atom stereocenters. The van der Waals surface area contributed by atoms with E-state index in [0.29, 0.717) is 35.7 Å². The van der Waals surface area contributed by atoms with Crippen LogP contribution in [0, 0.1) is 11.8 Å². The predicted molar refractivity (Wildman–Crippen MR) is 116 cm³/mol. The fraction of sp³-hybridized carbons (Fsp3) is 0.565. The topological polar surface area (TPSA) is 120 Å². The van der Waals surface area contributed by atoms with Gasteiger partial charge in [0.2, 0.25) is 11.8 Å². The number of benzene rings is 1. The molecule has 1 N–H and O–H groups in total. The monoisotopic (exact) mass is 462 g/mol. The highest BCUT2D eigenvalue weighted by Crippen LogP contribution is 2.39. The van der Waals surface area contributed by atoms with Crippen LogP contribution in [0.25, 0.3) is 0 Å². The Bertz CT molecular complexity index is 907. The number of imide groups is 1. The van der Waals surface area contributed by atoms with Crippen LogP contribution in [0.15, 0.2) is 12.1 Å². The third-order valence-electron chi connectivity index (χ3n) is 6.21. The number of nitrogens with zero attached hydrogens (tertiary/aromatic N) is 1. The average Bonchev–Trinajstić information content (AvgIpc) is 3.09. The number of rotatable bonds is 9. The lowest BCUT2D eigenvalue weighted by Gasteiger charge is -2.21. The highest BCUT2D eigenvalue weighted by Gasteiger charge is 2.51. The molecule has 1 aromatic rings. The van der Waals surface area contributed by atoms with E-state index in [0.717, 1.165) is 17.7 Å². The van der Waals surface area contributed by atoms with Crippen LogP contribution < -0.4 is 19.5 Å². The Labute approximate surface area is 192 Å². The van der Waals surface area contributed by atoms with Crippen LogP contribution in [0.3, 0.4) is 0 Å². The number of methoxy groups -OCH3 is 3. The summed E-state index contributed by atoms with van der Waals surface area (Å²) in [7, 11) is 4.50. The standard InChI is InChI=1S/C23H30N2O8/c1-13(25-21(27)15-7-5-6-8-16(15)22(25)28)23(29)33-12-20(26)24-11-14-9-18(31-3)19(32-4)10-17(14)30-2/h9-10,13,15-16H,5-8,11-12H2,1-4H3,(H,24,26)/t13-,15?,16?/m0/s1. The van der Waals surface area contributed by atoms with Gasteiger partial charge in [-0.25, -0.2) is 4.79 Å². The van der Waals surface area contributed by atoms with E-state index in [4.69, 9.17) is 18.9 Å². The van der Waals surface area contributed by atoms with Crippen LogP contribution in [-0.4, -0.2) is 62.6 Å². The van der Waals surface area contributed by atoms with E-state index in [9.17, 15) is 19.2 Å². The summed E-state index contributed by atoms with van der Waals surface area (Å²) in [5, 5.41) is 2.64. The summed E-state index contributed by atoms with van der Waals surface area (Å²) in [6.07, 6.45) is 3.13. The van der Waals surface area contributed by atoms with Gasteiger partial charge in [-0.1, -0.05) is 12.8 Å². The number of amides is 3. The molecule has 1 aliphatic heterocycles. The van der Waals surface area contributed by atoms with Crippen molar-refractivity contribution in [2.75, 3.05) is 27.9 Å². The maximum atomic E-state index is 12.6. The largest absolute Gasteiger partial charge is 0.496 e. The minimum atomic E-state index is -1.07. The van der Waals surface area contributed by atoms with Gasteiger partial charge in [0.15, 0.2) is 18.1 Å². The second-order valence-corrected chi connectivity index (χ2v) is 8.12. The van der Waals surface area contributed by atoms with Crippen molar-refractivity contribution in [3.63, 3.8) is 0 Å². The molecule has 3 amide bonds. The fourth-order valence-corrected chi connectivity index (χ4v) is 4.41. The van der Waals surface area contributed by atoms with Crippen LogP contribution in [0.4, 0.5) is 0 Å². The Morgan fingerprint density at radius 2 is 1.52 bits per heavy atom. The van der Waals surface area contributed by atoms with Gasteiger partial charge in [0.1, 0.15) is 11.8 Å². The van der Waals surface area contributed by atoms with Crippen molar-refractivity contribution >= 4 is 23.7 Å². The molecule has 0 bridgehead atoms. The number of likely N-dealkylation sites (tertiary alicyclic amines) is 1.